The smallest absolute Gasteiger partial charge is 0.204 e. The molecule has 36 heteroatoms. The lowest BCUT2D eigenvalue weighted by atomic mass is 9.32. The molecule has 0 saturated heterocycles. The molecule has 1 aliphatic rings. The summed E-state index contributed by atoms with van der Waals surface area (Å²) in [5.74, 6) is -142. The summed E-state index contributed by atoms with van der Waals surface area (Å²) in [5, 5.41) is 0. The maximum Gasteiger partial charge on any atom is 0.252 e. The summed E-state index contributed by atoms with van der Waals surface area (Å²) in [4.78, 5) is 0. The van der Waals surface area contributed by atoms with E-state index in [0.717, 1.165) is 0 Å². The molecule has 0 aliphatic carbocycles. The second-order valence-electron chi connectivity index (χ2n) is 16.4. The molecule has 0 atom stereocenters. The zero-order chi connectivity index (χ0) is 63.3. The zero-order valence-corrected chi connectivity index (χ0v) is 37.8. The first-order valence-electron chi connectivity index (χ1n) is 20.7. The van der Waals surface area contributed by atoms with Crippen LogP contribution in [0.4, 0.5) is 154 Å². The van der Waals surface area contributed by atoms with Crippen molar-refractivity contribution in [3.8, 4) is 0 Å². The first-order valence-corrected chi connectivity index (χ1v) is 20.7. The molecule has 0 spiro atoms. The van der Waals surface area contributed by atoms with Gasteiger partial charge in [0.15, 0.2) is 169 Å². The molecule has 0 bridgehead atoms. The normalized spacial score (nSPS) is 13.2. The Morgan fingerprint density at radius 2 is 0.238 bits per heavy atom. The first kappa shape index (κ1) is 61.4. The van der Waals surface area contributed by atoms with Crippen molar-refractivity contribution < 1.29 is 154 Å². The summed E-state index contributed by atoms with van der Waals surface area (Å²) < 4.78 is 563. The minimum Gasteiger partial charge on any atom is -0.204 e. The van der Waals surface area contributed by atoms with Crippen LogP contribution in [-0.2, 0) is 0 Å². The molecule has 440 valence electrons. The topological polar surface area (TPSA) is 0 Å². The van der Waals surface area contributed by atoms with Crippen molar-refractivity contribution >= 4 is 45.4 Å². The van der Waals surface area contributed by atoms with E-state index in [9.17, 15) is 30.7 Å². The van der Waals surface area contributed by atoms with Crippen LogP contribution in [0, 0.1) is 204 Å². The van der Waals surface area contributed by atoms with Gasteiger partial charge in [-0.1, -0.05) is 0 Å². The Morgan fingerprint density at radius 3 is 0.405 bits per heavy atom. The summed E-state index contributed by atoms with van der Waals surface area (Å²) in [6.07, 6.45) is 0. The highest BCUT2D eigenvalue weighted by Gasteiger charge is 2.53. The molecular weight excluding hydrogens is 1250 g/mol. The fraction of sp³-hybridized carbons (Fsp3) is 0. The molecule has 0 radical (unpaired) electrons. The molecule has 0 nitrogen and oxygen atoms in total. The van der Waals surface area contributed by atoms with Gasteiger partial charge in [0.2, 0.25) is 34.9 Å². The third-order valence-electron chi connectivity index (χ3n) is 12.2. The molecule has 0 aromatic heterocycles. The molecule has 0 N–H and O–H groups in total. The minimum atomic E-state index is -5.89. The average molecular weight is 1250 g/mol. The monoisotopic (exact) mass is 1250 g/mol. The number of hydrogen-bond acceptors (Lipinski definition) is 0. The third-order valence-corrected chi connectivity index (χ3v) is 12.2. The summed E-state index contributed by atoms with van der Waals surface area (Å²) in [5.41, 5.74) is -53.9. The van der Waals surface area contributed by atoms with E-state index in [1.165, 1.54) is 0 Å². The Morgan fingerprint density at radius 1 is 0.119 bits per heavy atom. The Labute approximate surface area is 436 Å². The van der Waals surface area contributed by atoms with Gasteiger partial charge in [-0.2, -0.15) is 0 Å². The minimum absolute atomic E-state index is 3.78. The van der Waals surface area contributed by atoms with E-state index in [1.54, 1.807) is 0 Å². The number of rotatable bonds is 7. The van der Waals surface area contributed by atoms with Crippen molar-refractivity contribution in [3.05, 3.63) is 237 Å². The summed E-state index contributed by atoms with van der Waals surface area (Å²) in [6, 6.07) is 0. The van der Waals surface area contributed by atoms with E-state index in [2.05, 4.69) is 0 Å². The van der Waals surface area contributed by atoms with Crippen molar-refractivity contribution in [2.45, 2.75) is 0 Å². The molecule has 0 saturated carbocycles. The van der Waals surface area contributed by atoms with Crippen molar-refractivity contribution in [1.82, 2.24) is 0 Å². The molecule has 8 rings (SSSR count). The lowest BCUT2D eigenvalue weighted by molar-refractivity contribution is 0.374. The summed E-state index contributed by atoms with van der Waals surface area (Å²) in [6.45, 7) is -5.89. The van der Waals surface area contributed by atoms with Crippen LogP contribution < -0.4 is 5.46 Å². The molecule has 0 amide bonds. The Bertz CT molecular complexity index is 3870. The predicted octanol–water partition coefficient (Wildman–Crippen LogP) is 16.2. The van der Waals surface area contributed by atoms with Gasteiger partial charge in [0.1, 0.15) is 0 Å². The van der Waals surface area contributed by atoms with Gasteiger partial charge >= 0.3 is 0 Å². The molecule has 0 fully saturated rings. The van der Waals surface area contributed by atoms with E-state index in [4.69, 9.17) is 0 Å². The summed E-state index contributed by atoms with van der Waals surface area (Å²) >= 11 is 0. The van der Waals surface area contributed by atoms with Crippen molar-refractivity contribution in [3.63, 3.8) is 0 Å². The van der Waals surface area contributed by atoms with Crippen LogP contribution in [0.25, 0.3) is 33.2 Å². The van der Waals surface area contributed by atoms with Gasteiger partial charge in [-0.3, -0.25) is 0 Å². The van der Waals surface area contributed by atoms with Gasteiger partial charge in [0, 0.05) is 27.7 Å². The maximum atomic E-state index is 17.0. The highest BCUT2D eigenvalue weighted by atomic mass is 19.2. The largest absolute Gasteiger partial charge is 0.252 e. The van der Waals surface area contributed by atoms with E-state index >= 15 is 123 Å². The van der Waals surface area contributed by atoms with Gasteiger partial charge in [-0.25, -0.2) is 154 Å². The van der Waals surface area contributed by atoms with Crippen molar-refractivity contribution in [2.75, 3.05) is 0 Å². The second-order valence-corrected chi connectivity index (χ2v) is 16.4. The Kier molecular flexibility index (Phi) is 15.3. The number of halogens is 35. The predicted molar refractivity (Wildman–Crippen MR) is 209 cm³/mol. The second kappa shape index (κ2) is 20.9. The Balaban J connectivity index is 2.12. The fourth-order valence-corrected chi connectivity index (χ4v) is 8.65. The van der Waals surface area contributed by atoms with Crippen LogP contribution in [0.3, 0.4) is 0 Å². The van der Waals surface area contributed by atoms with Crippen LogP contribution in [-0.4, -0.2) is 6.71 Å². The lowest BCUT2D eigenvalue weighted by Crippen LogP contribution is -2.42. The first-order chi connectivity index (χ1) is 38.9. The lowest BCUT2D eigenvalue weighted by Gasteiger charge is -2.28. The molecule has 1 heterocycles. The van der Waals surface area contributed by atoms with Crippen molar-refractivity contribution in [2.24, 2.45) is 0 Å². The van der Waals surface area contributed by atoms with E-state index in [-0.39, 0.29) is 0 Å². The van der Waals surface area contributed by atoms with E-state index in [0.29, 0.717) is 0 Å². The van der Waals surface area contributed by atoms with Crippen LogP contribution in [0.2, 0.25) is 0 Å². The molecule has 1 aliphatic heterocycles. The fourth-order valence-electron chi connectivity index (χ4n) is 8.65. The van der Waals surface area contributed by atoms with Gasteiger partial charge in [-0.15, -0.1) is 0 Å². The highest BCUT2D eigenvalue weighted by Crippen LogP contribution is 2.59. The van der Waals surface area contributed by atoms with Gasteiger partial charge in [-0.05, 0) is 22.1 Å². The molecule has 0 unspecified atom stereocenters. The average Bonchev–Trinajstić information content (AvgIpc) is 1.59. The quantitative estimate of drug-likeness (QED) is 0.0646. The number of benzene rings is 7. The maximum absolute atomic E-state index is 17.0. The molecule has 84 heavy (non-hydrogen) atoms. The van der Waals surface area contributed by atoms with Crippen LogP contribution in [0.5, 0.6) is 0 Å². The zero-order valence-electron chi connectivity index (χ0n) is 37.8. The van der Waals surface area contributed by atoms with E-state index < -0.39 is 282 Å². The van der Waals surface area contributed by atoms with E-state index in [1.807, 2.05) is 0 Å². The summed E-state index contributed by atoms with van der Waals surface area (Å²) in [7, 11) is 0. The molecule has 7 aromatic rings. The molecular formula is C48BF35. The SMILES string of the molecule is Fc1c(F)c(F)c(B2C(c3c(F)c(F)c(F)c(F)c3F)=C(c3c(F)c(F)c(F)c(F)c3F)C(c3c(F)c(F)c(F)c(F)c3F)=C(c3c(F)c(F)c(F)c(F)c3F)C(c3c(F)c(F)c(F)c(F)c3F)=C2c2c(F)c(F)c(F)c(F)c2F)c(F)c1F. The number of allylic oxidation sites excluding steroid dienone is 4. The standard InChI is InChI=1S/C48BF35/c50-14-5(15(51)29(65)42(78)28(14)64)1-2(6-16(52)30(66)43(79)31(67)17(6)53)4(8-20(56)34(70)45(81)35(71)21(8)57)12(10-24(60)38(74)47(83)39(75)25(10)61)49(13-26(62)40(76)48(84)41(77)27(13)63)11(9-22(58)36(72)46(82)37(73)23(9)59)3(1)7-18(54)32(68)44(80)33(69)19(7)55. The third kappa shape index (κ3) is 8.29. The Hall–Kier alpha value is -8.63. The van der Waals surface area contributed by atoms with Gasteiger partial charge < -0.3 is 0 Å². The van der Waals surface area contributed by atoms with Crippen molar-refractivity contribution in [1.29, 1.82) is 0 Å². The van der Waals surface area contributed by atoms with Crippen LogP contribution >= 0.6 is 0 Å². The number of hydrogen-bond donors (Lipinski definition) is 0. The van der Waals surface area contributed by atoms with Gasteiger partial charge in [0.25, 0.3) is 6.71 Å². The van der Waals surface area contributed by atoms with Crippen LogP contribution in [0.1, 0.15) is 33.4 Å². The molecule has 7 aromatic carbocycles. The van der Waals surface area contributed by atoms with Gasteiger partial charge in [0.05, 0.1) is 22.3 Å². The highest BCUT2D eigenvalue weighted by molar-refractivity contribution is 7.06. The van der Waals surface area contributed by atoms with Crippen LogP contribution in [0.15, 0.2) is 0 Å².